The predicted molar refractivity (Wildman–Crippen MR) is 77.7 cm³/mol. The van der Waals surface area contributed by atoms with Gasteiger partial charge in [0, 0.05) is 7.05 Å². The number of benzene rings is 1. The molecule has 1 amide bonds. The van der Waals surface area contributed by atoms with Gasteiger partial charge in [0.05, 0.1) is 12.1 Å². The van der Waals surface area contributed by atoms with Crippen molar-refractivity contribution in [3.63, 3.8) is 0 Å². The molecule has 0 saturated carbocycles. The van der Waals surface area contributed by atoms with Crippen molar-refractivity contribution in [2.45, 2.75) is 38.8 Å². The summed E-state index contributed by atoms with van der Waals surface area (Å²) < 4.78 is 0. The molecule has 0 aliphatic carbocycles. The lowest BCUT2D eigenvalue weighted by atomic mass is 10.0. The first kappa shape index (κ1) is 15.4. The van der Waals surface area contributed by atoms with Crippen LogP contribution in [-0.2, 0) is 4.79 Å². The van der Waals surface area contributed by atoms with E-state index in [9.17, 15) is 9.90 Å². The van der Waals surface area contributed by atoms with Crippen molar-refractivity contribution in [3.8, 4) is 0 Å². The van der Waals surface area contributed by atoms with E-state index < -0.39 is 6.10 Å². The third-order valence-corrected chi connectivity index (χ3v) is 3.27. The zero-order valence-electron chi connectivity index (χ0n) is 11.9. The van der Waals surface area contributed by atoms with Gasteiger partial charge in [-0.1, -0.05) is 49.8 Å². The molecule has 2 atom stereocenters. The molecule has 0 saturated heterocycles. The van der Waals surface area contributed by atoms with E-state index in [2.05, 4.69) is 6.92 Å². The number of carbonyl (C=O) groups excluding carboxylic acids is 1. The fraction of sp³-hybridized carbons (Fsp3) is 0.438. The van der Waals surface area contributed by atoms with E-state index in [1.807, 2.05) is 43.3 Å². The van der Waals surface area contributed by atoms with E-state index in [1.165, 1.54) is 0 Å². The number of unbranched alkanes of at least 4 members (excludes halogenated alkanes) is 1. The Morgan fingerprint density at radius 3 is 2.58 bits per heavy atom. The third-order valence-electron chi connectivity index (χ3n) is 3.27. The van der Waals surface area contributed by atoms with Gasteiger partial charge in [-0.15, -0.1) is 0 Å². The summed E-state index contributed by atoms with van der Waals surface area (Å²) in [6, 6.07) is 9.14. The first-order valence-electron chi connectivity index (χ1n) is 6.74. The highest BCUT2D eigenvalue weighted by atomic mass is 16.3. The summed E-state index contributed by atoms with van der Waals surface area (Å²) in [6.45, 7) is 3.92. The lowest BCUT2D eigenvalue weighted by Crippen LogP contribution is -2.38. The maximum Gasteiger partial charge on any atom is 0.246 e. The largest absolute Gasteiger partial charge is 0.386 e. The van der Waals surface area contributed by atoms with Crippen molar-refractivity contribution >= 4 is 5.91 Å². The van der Waals surface area contributed by atoms with Gasteiger partial charge in [0.15, 0.2) is 0 Å². The first-order valence-corrected chi connectivity index (χ1v) is 6.74. The maximum absolute atomic E-state index is 11.9. The highest BCUT2D eigenvalue weighted by molar-refractivity contribution is 5.87. The summed E-state index contributed by atoms with van der Waals surface area (Å²) in [7, 11) is 1.72. The number of aliphatic hydroxyl groups is 1. The van der Waals surface area contributed by atoms with Crippen LogP contribution in [0.1, 0.15) is 38.4 Å². The molecular formula is C16H23NO2. The Labute approximate surface area is 115 Å². The number of aliphatic hydroxyl groups excluding tert-OH is 1. The quantitative estimate of drug-likeness (QED) is 0.800. The number of likely N-dealkylation sites (N-methyl/N-ethyl adjacent to an activating group) is 1. The lowest BCUT2D eigenvalue weighted by molar-refractivity contribution is -0.128. The molecule has 0 aromatic heterocycles. The molecule has 19 heavy (non-hydrogen) atoms. The number of allylic oxidation sites excluding steroid dienone is 1. The predicted octanol–water partition coefficient (Wildman–Crippen LogP) is 2.92. The number of hydrogen-bond acceptors (Lipinski definition) is 2. The molecule has 0 fully saturated rings. The normalized spacial score (nSPS) is 14.3. The SMILES string of the molecule is CCC/C=C/C(=O)N(C)[C@@H](C)[C@@H](O)c1ccccc1. The van der Waals surface area contributed by atoms with Crippen molar-refractivity contribution in [1.82, 2.24) is 4.90 Å². The number of hydrogen-bond donors (Lipinski definition) is 1. The van der Waals surface area contributed by atoms with E-state index >= 15 is 0 Å². The Morgan fingerprint density at radius 2 is 2.00 bits per heavy atom. The second-order valence-corrected chi connectivity index (χ2v) is 4.74. The number of nitrogens with zero attached hydrogens (tertiary/aromatic N) is 1. The Kier molecular flexibility index (Phi) is 6.30. The monoisotopic (exact) mass is 261 g/mol. The van der Waals surface area contributed by atoms with Gasteiger partial charge in [0.25, 0.3) is 0 Å². The van der Waals surface area contributed by atoms with Crippen LogP contribution in [0.2, 0.25) is 0 Å². The van der Waals surface area contributed by atoms with Gasteiger partial charge in [-0.2, -0.15) is 0 Å². The second-order valence-electron chi connectivity index (χ2n) is 4.74. The van der Waals surface area contributed by atoms with Crippen LogP contribution in [0.4, 0.5) is 0 Å². The molecule has 0 radical (unpaired) electrons. The average molecular weight is 261 g/mol. The van der Waals surface area contributed by atoms with Crippen molar-refractivity contribution in [1.29, 1.82) is 0 Å². The molecule has 0 aliphatic heterocycles. The standard InChI is InChI=1S/C16H23NO2/c1-4-5-7-12-15(18)17(3)13(2)16(19)14-10-8-6-9-11-14/h6-13,16,19H,4-5H2,1-3H3/b12-7+/t13-,16+/m0/s1. The van der Waals surface area contributed by atoms with Crippen LogP contribution in [0.25, 0.3) is 0 Å². The summed E-state index contributed by atoms with van der Waals surface area (Å²) in [6.07, 6.45) is 4.71. The van der Waals surface area contributed by atoms with Gasteiger partial charge in [-0.05, 0) is 25.0 Å². The van der Waals surface area contributed by atoms with E-state index in [-0.39, 0.29) is 11.9 Å². The van der Waals surface area contributed by atoms with Crippen LogP contribution in [0.15, 0.2) is 42.5 Å². The molecule has 0 heterocycles. The molecule has 104 valence electrons. The molecule has 1 aromatic carbocycles. The third kappa shape index (κ3) is 4.52. The van der Waals surface area contributed by atoms with Crippen LogP contribution in [0, 0.1) is 0 Å². The fourth-order valence-corrected chi connectivity index (χ4v) is 1.81. The average Bonchev–Trinajstić information content (AvgIpc) is 2.46. The second kappa shape index (κ2) is 7.74. The van der Waals surface area contributed by atoms with Crippen LogP contribution < -0.4 is 0 Å². The lowest BCUT2D eigenvalue weighted by Gasteiger charge is -2.28. The Morgan fingerprint density at radius 1 is 1.37 bits per heavy atom. The van der Waals surface area contributed by atoms with Crippen LogP contribution in [0.5, 0.6) is 0 Å². The van der Waals surface area contributed by atoms with E-state index in [0.717, 1.165) is 18.4 Å². The minimum Gasteiger partial charge on any atom is -0.386 e. The zero-order chi connectivity index (χ0) is 14.3. The minimum atomic E-state index is -0.672. The highest BCUT2D eigenvalue weighted by Gasteiger charge is 2.22. The van der Waals surface area contributed by atoms with Crippen molar-refractivity contribution < 1.29 is 9.90 Å². The van der Waals surface area contributed by atoms with E-state index in [0.29, 0.717) is 0 Å². The van der Waals surface area contributed by atoms with Crippen molar-refractivity contribution in [3.05, 3.63) is 48.0 Å². The molecule has 0 unspecified atom stereocenters. The molecule has 0 bridgehead atoms. The highest BCUT2D eigenvalue weighted by Crippen LogP contribution is 2.19. The zero-order valence-corrected chi connectivity index (χ0v) is 11.9. The Hall–Kier alpha value is -1.61. The topological polar surface area (TPSA) is 40.5 Å². The molecule has 1 aromatic rings. The van der Waals surface area contributed by atoms with E-state index in [1.54, 1.807) is 18.0 Å². The maximum atomic E-state index is 11.9. The number of amides is 1. The minimum absolute atomic E-state index is 0.0732. The van der Waals surface area contributed by atoms with Crippen LogP contribution in [-0.4, -0.2) is 29.0 Å². The first-order chi connectivity index (χ1) is 9.07. The van der Waals surface area contributed by atoms with Crippen molar-refractivity contribution in [2.75, 3.05) is 7.05 Å². The van der Waals surface area contributed by atoms with Gasteiger partial charge in [-0.3, -0.25) is 4.79 Å². The molecule has 3 heteroatoms. The summed E-state index contributed by atoms with van der Waals surface area (Å²) in [5, 5.41) is 10.3. The number of carbonyl (C=O) groups is 1. The molecule has 0 spiro atoms. The van der Waals surface area contributed by atoms with Crippen LogP contribution >= 0.6 is 0 Å². The molecule has 1 rings (SSSR count). The van der Waals surface area contributed by atoms with Crippen LogP contribution in [0.3, 0.4) is 0 Å². The Bertz CT molecular complexity index is 414. The molecule has 1 N–H and O–H groups in total. The van der Waals surface area contributed by atoms with Crippen molar-refractivity contribution in [2.24, 2.45) is 0 Å². The molecule has 0 aliphatic rings. The summed E-state index contributed by atoms with van der Waals surface area (Å²) >= 11 is 0. The van der Waals surface area contributed by atoms with Gasteiger partial charge in [0.2, 0.25) is 5.91 Å². The molecule has 3 nitrogen and oxygen atoms in total. The van der Waals surface area contributed by atoms with Gasteiger partial charge < -0.3 is 10.0 Å². The van der Waals surface area contributed by atoms with Gasteiger partial charge >= 0.3 is 0 Å². The Balaban J connectivity index is 2.66. The fourth-order valence-electron chi connectivity index (χ4n) is 1.81. The van der Waals surface area contributed by atoms with Gasteiger partial charge in [0.1, 0.15) is 0 Å². The molecular weight excluding hydrogens is 238 g/mol. The number of rotatable bonds is 6. The smallest absolute Gasteiger partial charge is 0.246 e. The summed E-state index contributed by atoms with van der Waals surface area (Å²) in [5.74, 6) is -0.0732. The summed E-state index contributed by atoms with van der Waals surface area (Å²) in [5.41, 5.74) is 0.826. The summed E-state index contributed by atoms with van der Waals surface area (Å²) in [4.78, 5) is 13.5. The van der Waals surface area contributed by atoms with Gasteiger partial charge in [-0.25, -0.2) is 0 Å². The van der Waals surface area contributed by atoms with E-state index in [4.69, 9.17) is 0 Å².